The van der Waals surface area contributed by atoms with Gasteiger partial charge in [-0.25, -0.2) is 0 Å². The van der Waals surface area contributed by atoms with Gasteiger partial charge in [-0.05, 0) is 102 Å². The number of carbonyl (C=O) groups is 1. The molecule has 0 amide bonds. The second kappa shape index (κ2) is 78.4. The molecule has 13 heteroatoms. The Morgan fingerprint density at radius 1 is 0.412 bits per heavy atom. The number of hydrogen-bond acceptors (Lipinski definition) is 3. The Balaban J connectivity index is -0.000000114. The maximum Gasteiger partial charge on any atom is 0.369 e. The van der Waals surface area contributed by atoms with Crippen molar-refractivity contribution in [1.82, 2.24) is 4.90 Å². The van der Waals surface area contributed by atoms with E-state index in [0.29, 0.717) is 5.56 Å². The van der Waals surface area contributed by atoms with Crippen LogP contribution in [-0.4, -0.2) is 49.6 Å². The molecule has 8 aromatic rings. The number of aldehydes is 1. The summed E-state index contributed by atoms with van der Waals surface area (Å²) in [6.07, 6.45) is 15.9. The predicted molar refractivity (Wildman–Crippen MR) is 386 cm³/mol. The van der Waals surface area contributed by atoms with Crippen molar-refractivity contribution in [2.24, 2.45) is 0 Å². The minimum Gasteiger partial charge on any atom is -0.378 e. The van der Waals surface area contributed by atoms with Crippen molar-refractivity contribution < 1.29 is 168 Å². The van der Waals surface area contributed by atoms with Gasteiger partial charge in [0.15, 0.2) is 0 Å². The maximum atomic E-state index is 9.99. The molecule has 85 heavy (non-hydrogen) atoms. The minimum atomic E-state index is 0. The summed E-state index contributed by atoms with van der Waals surface area (Å²) in [5.41, 5.74) is 10.6. The van der Waals surface area contributed by atoms with Gasteiger partial charge in [0.1, 0.15) is 6.29 Å². The van der Waals surface area contributed by atoms with Gasteiger partial charge in [0.2, 0.25) is 0 Å². The Labute approximate surface area is 684 Å². The van der Waals surface area contributed by atoms with Gasteiger partial charge >= 0.3 is 3.18 Å². The number of hydrogen-bond donors (Lipinski definition) is 0. The summed E-state index contributed by atoms with van der Waals surface area (Å²) < 4.78 is 1.53. The van der Waals surface area contributed by atoms with Crippen LogP contribution >= 0.6 is 69.9 Å². The quantitative estimate of drug-likeness (QED) is 0.0473. The van der Waals surface area contributed by atoms with Gasteiger partial charge < -0.3 is 14.6 Å². The zero-order chi connectivity index (χ0) is 59.7. The molecule has 0 saturated carbocycles. The number of anilines is 1. The normalized spacial score (nSPS) is 8.60. The van der Waals surface area contributed by atoms with E-state index in [0.717, 1.165) is 12.7 Å². The van der Waals surface area contributed by atoms with E-state index >= 15 is 0 Å². The molecule has 3 nitrogen and oxygen atoms in total. The van der Waals surface area contributed by atoms with Crippen molar-refractivity contribution in [3.63, 3.8) is 0 Å². The van der Waals surface area contributed by atoms with Gasteiger partial charge in [0.05, 0.1) is 0 Å². The summed E-state index contributed by atoms with van der Waals surface area (Å²) in [5.74, 6) is 0. The van der Waals surface area contributed by atoms with E-state index in [-0.39, 0.29) is 174 Å². The van der Waals surface area contributed by atoms with Crippen LogP contribution in [0.5, 0.6) is 0 Å². The summed E-state index contributed by atoms with van der Waals surface area (Å²) in [5, 5.41) is 0. The van der Waals surface area contributed by atoms with E-state index in [2.05, 4.69) is 273 Å². The van der Waals surface area contributed by atoms with Gasteiger partial charge in [0, 0.05) is 187 Å². The van der Waals surface area contributed by atoms with Crippen LogP contribution in [0, 0.1) is 21.8 Å². The third-order valence-corrected chi connectivity index (χ3v) is 9.55. The minimum absolute atomic E-state index is 0. The first kappa shape index (κ1) is 104. The molecule has 0 aliphatic heterocycles. The molecule has 445 valence electrons. The molecule has 0 aromatic heterocycles. The number of carbonyl (C=O) groups excluding carboxylic acids is 1. The van der Waals surface area contributed by atoms with E-state index in [1.807, 2.05) is 146 Å². The summed E-state index contributed by atoms with van der Waals surface area (Å²) in [6, 6.07) is 79.6. The Morgan fingerprint density at radius 2 is 0.671 bits per heavy atom. The van der Waals surface area contributed by atoms with Crippen molar-refractivity contribution in [1.29, 1.82) is 0 Å². The van der Waals surface area contributed by atoms with Gasteiger partial charge in [-0.2, -0.15) is 91.0 Å². The van der Waals surface area contributed by atoms with E-state index in [9.17, 15) is 4.79 Å². The Kier molecular flexibility index (Phi) is 95.9. The van der Waals surface area contributed by atoms with Crippen molar-refractivity contribution in [3.8, 4) is 0 Å². The first-order chi connectivity index (χ1) is 38.3. The molecule has 0 bridgehead atoms. The summed E-state index contributed by atoms with van der Waals surface area (Å²) in [4.78, 5) is 14.1. The van der Waals surface area contributed by atoms with E-state index in [1.54, 1.807) is 24.3 Å². The second-order valence-electron chi connectivity index (χ2n) is 16.1. The monoisotopic (exact) mass is 1820 g/mol. The number of nitrogens with zero attached hydrogens (tertiary/aromatic N) is 2. The SMILES string of the molecule is BrB(Br)Br.C.CC.CC.CC.CCC.CCc1ccccc1.CN(C)C.CN(C)c1ccc(/C=C/c2ccccc2)cc1.Ic1cccc(/C=C/c2cc[c-]cc2)c1.O=Cc1cc[c-]cc1.[Y].[Y].[Y].[Y].[Y].[c-]1ccc(/C=C/c2ccccc2)cc1. The molecule has 0 N–H and O–H groups in total. The standard InChI is InChI=1S/C16H17N.C14H10I.C14H11.C8H10.C7H5O.C3H9N.C3H8.3C2H6.CH4.BBr3.5Y/c1-17(2)16-12-10-15(11-13-16)9-8-14-6-4-3-5-7-14;15-14-8-4-7-13(11-14)10-9-12-5-2-1-3-6-12;1-3-7-13(8-4-1)11-12-14-9-5-2-6-10-14;1-2-8-6-4-3-5-7-8;8-6-7-4-2-1-3-5-7;1-4(2)3;1-3-2;3*1-2;;2-1(3)4;;;;;/h3-13H,1-2H3;2-11H;1,3-12H;3-7H,2H2,1H3;2-6H;1-3H3;3H2,1-2H3;3*1-2H3;1H4;;;;;;/q;2*-1;;-1;;;;;;;;;;;;/b9-8+;10-9+;12-11+;;;;;;;;;;;;;;. The number of rotatable bonds is 9. The average Bonchev–Trinajstić information content (AvgIpc) is 3.50. The fourth-order valence-corrected chi connectivity index (χ4v) is 5.98. The van der Waals surface area contributed by atoms with E-state index in [1.165, 1.54) is 54.6 Å². The Bertz CT molecular complexity index is 2570. The number of benzene rings is 8. The Hall–Kier alpha value is 0.164. The van der Waals surface area contributed by atoms with Crippen LogP contribution < -0.4 is 4.90 Å². The van der Waals surface area contributed by atoms with Crippen molar-refractivity contribution in [2.45, 2.75) is 82.6 Å². The molecule has 8 aromatic carbocycles. The summed E-state index contributed by atoms with van der Waals surface area (Å²) in [7, 11) is 10.1. The molecule has 0 unspecified atom stereocenters. The van der Waals surface area contributed by atoms with Gasteiger partial charge in [-0.15, -0.1) is 58.4 Å². The largest absolute Gasteiger partial charge is 0.378 e. The predicted octanol–water partition coefficient (Wildman–Crippen LogP) is 22.8. The smallest absolute Gasteiger partial charge is 0.369 e. The van der Waals surface area contributed by atoms with E-state index in [4.69, 9.17) is 0 Å². The van der Waals surface area contributed by atoms with Crippen LogP contribution in [-0.2, 0) is 170 Å². The Morgan fingerprint density at radius 3 is 0.929 bits per heavy atom. The molecule has 0 atom stereocenters. The van der Waals surface area contributed by atoms with Crippen LogP contribution in [0.25, 0.3) is 36.5 Å². The third kappa shape index (κ3) is 68.4. The van der Waals surface area contributed by atoms with Crippen molar-refractivity contribution in [3.05, 3.63) is 279 Å². The molecular formula is C72H92BBr3IN2OY5-3. The van der Waals surface area contributed by atoms with Gasteiger partial charge in [-0.3, -0.25) is 0 Å². The van der Waals surface area contributed by atoms with Crippen molar-refractivity contribution >= 4 is 121 Å². The first-order valence-corrected chi connectivity index (χ1v) is 30.7. The molecule has 0 saturated heterocycles. The van der Waals surface area contributed by atoms with Crippen LogP contribution in [0.4, 0.5) is 5.69 Å². The zero-order valence-electron chi connectivity index (χ0n) is 52.4. The fraction of sp³-hybridized carbons (Fsp3) is 0.236. The zero-order valence-corrected chi connectivity index (χ0v) is 73.5. The van der Waals surface area contributed by atoms with Gasteiger partial charge in [0.25, 0.3) is 0 Å². The second-order valence-corrected chi connectivity index (χ2v) is 23.8. The topological polar surface area (TPSA) is 23.6 Å². The molecule has 0 aliphatic rings. The van der Waals surface area contributed by atoms with Crippen LogP contribution in [0.15, 0.2) is 212 Å². The van der Waals surface area contributed by atoms with Crippen molar-refractivity contribution in [2.75, 3.05) is 40.1 Å². The van der Waals surface area contributed by atoms with E-state index < -0.39 is 0 Å². The molecule has 0 heterocycles. The third-order valence-electron chi connectivity index (χ3n) is 8.88. The molecule has 0 aliphatic carbocycles. The molecule has 5 radical (unpaired) electrons. The maximum absolute atomic E-state index is 9.99. The average molecular weight is 1820 g/mol. The molecular weight excluding hydrogens is 1730 g/mol. The number of aryl methyl sites for hydroxylation is 1. The van der Waals surface area contributed by atoms with Crippen LogP contribution in [0.3, 0.4) is 0 Å². The molecule has 0 fully saturated rings. The fourth-order valence-electron chi connectivity index (χ4n) is 5.41. The van der Waals surface area contributed by atoms with Gasteiger partial charge in [-0.1, -0.05) is 233 Å². The summed E-state index contributed by atoms with van der Waals surface area (Å²) in [6.45, 7) is 18.4. The van der Waals surface area contributed by atoms with Crippen LogP contribution in [0.1, 0.15) is 125 Å². The first-order valence-electron chi connectivity index (χ1n) is 26.9. The molecule has 8 rings (SSSR count). The molecule has 0 spiro atoms. The number of halogens is 4. The summed E-state index contributed by atoms with van der Waals surface area (Å²) >= 11 is 11.6. The van der Waals surface area contributed by atoms with Crippen LogP contribution in [0.2, 0.25) is 0 Å².